The molecule has 0 unspecified atom stereocenters. The van der Waals surface area contributed by atoms with Gasteiger partial charge in [-0.15, -0.1) is 0 Å². The molecular weight excluding hydrogens is 338 g/mol. The second-order valence-corrected chi connectivity index (χ2v) is 6.19. The summed E-state index contributed by atoms with van der Waals surface area (Å²) >= 11 is 0. The Morgan fingerprint density at radius 2 is 2.00 bits per heavy atom. The second kappa shape index (κ2) is 7.34. The highest BCUT2D eigenvalue weighted by atomic mass is 16.6. The van der Waals surface area contributed by atoms with E-state index in [2.05, 4.69) is 15.3 Å². The molecule has 136 valence electrons. The van der Waals surface area contributed by atoms with Gasteiger partial charge in [0.05, 0.1) is 10.8 Å². The van der Waals surface area contributed by atoms with Crippen molar-refractivity contribution in [2.75, 3.05) is 23.3 Å². The molecule has 1 aliphatic rings. The highest BCUT2D eigenvalue weighted by Gasteiger charge is 2.31. The number of aryl methyl sites for hydroxylation is 1. The first kappa shape index (κ1) is 17.6. The van der Waals surface area contributed by atoms with Crippen molar-refractivity contribution in [3.63, 3.8) is 0 Å². The summed E-state index contributed by atoms with van der Waals surface area (Å²) < 4.78 is 0. The smallest absolute Gasteiger partial charge is 0.353 e. The van der Waals surface area contributed by atoms with Crippen molar-refractivity contribution in [2.24, 2.45) is 5.92 Å². The highest BCUT2D eigenvalue weighted by molar-refractivity contribution is 5.76. The number of nitrogens with zero attached hydrogens (tertiary/aromatic N) is 4. The molecule has 0 bridgehead atoms. The van der Waals surface area contributed by atoms with Crippen LogP contribution in [0.3, 0.4) is 0 Å². The molecule has 0 saturated carbocycles. The number of hydrogen-bond donors (Lipinski definition) is 2. The Bertz CT molecular complexity index is 834. The number of carboxylic acid groups (broad SMARTS) is 1. The Morgan fingerprint density at radius 3 is 2.62 bits per heavy atom. The average molecular weight is 357 g/mol. The van der Waals surface area contributed by atoms with Crippen molar-refractivity contribution >= 4 is 29.0 Å². The van der Waals surface area contributed by atoms with E-state index < -0.39 is 16.8 Å². The summed E-state index contributed by atoms with van der Waals surface area (Å²) in [5, 5.41) is 23.8. The third-order valence-corrected chi connectivity index (χ3v) is 4.53. The van der Waals surface area contributed by atoms with Gasteiger partial charge in [0.1, 0.15) is 6.33 Å². The zero-order valence-electron chi connectivity index (χ0n) is 14.3. The van der Waals surface area contributed by atoms with Gasteiger partial charge >= 0.3 is 11.7 Å². The minimum atomic E-state index is -0.830. The molecule has 1 fully saturated rings. The molecule has 0 spiro atoms. The van der Waals surface area contributed by atoms with Crippen LogP contribution in [0.15, 0.2) is 30.6 Å². The molecule has 3 rings (SSSR count). The molecule has 1 aliphatic heterocycles. The van der Waals surface area contributed by atoms with E-state index in [0.29, 0.717) is 25.9 Å². The summed E-state index contributed by atoms with van der Waals surface area (Å²) in [6.07, 6.45) is 2.14. The van der Waals surface area contributed by atoms with Crippen LogP contribution in [0.25, 0.3) is 0 Å². The molecule has 2 aromatic rings. The zero-order valence-corrected chi connectivity index (χ0v) is 14.3. The van der Waals surface area contributed by atoms with Gasteiger partial charge in [0.25, 0.3) is 0 Å². The minimum Gasteiger partial charge on any atom is -0.481 e. The molecule has 1 aromatic heterocycles. The predicted molar refractivity (Wildman–Crippen MR) is 95.7 cm³/mol. The van der Waals surface area contributed by atoms with Gasteiger partial charge in [0, 0.05) is 18.8 Å². The van der Waals surface area contributed by atoms with Crippen molar-refractivity contribution < 1.29 is 14.8 Å². The first-order valence-electron chi connectivity index (χ1n) is 8.27. The SMILES string of the molecule is Cc1ccccc1Nc1ncnc(N2CCC(C(=O)O)CC2)c1[N+](=O)[O-]. The third-order valence-electron chi connectivity index (χ3n) is 4.53. The zero-order chi connectivity index (χ0) is 18.7. The number of aliphatic carboxylic acids is 1. The van der Waals surface area contributed by atoms with Gasteiger partial charge in [-0.05, 0) is 31.4 Å². The van der Waals surface area contributed by atoms with Crippen LogP contribution in [0.2, 0.25) is 0 Å². The van der Waals surface area contributed by atoms with Gasteiger partial charge in [-0.1, -0.05) is 18.2 Å². The fourth-order valence-corrected chi connectivity index (χ4v) is 3.04. The Hall–Kier alpha value is -3.23. The summed E-state index contributed by atoms with van der Waals surface area (Å²) in [5.74, 6) is -0.917. The van der Waals surface area contributed by atoms with Crippen LogP contribution in [-0.2, 0) is 4.79 Å². The predicted octanol–water partition coefficient (Wildman–Crippen LogP) is 2.74. The summed E-state index contributed by atoms with van der Waals surface area (Å²) in [6, 6.07) is 7.43. The van der Waals surface area contributed by atoms with Gasteiger partial charge in [-0.3, -0.25) is 14.9 Å². The maximum atomic E-state index is 11.7. The Balaban J connectivity index is 1.91. The lowest BCUT2D eigenvalue weighted by Crippen LogP contribution is -2.37. The molecule has 2 heterocycles. The van der Waals surface area contributed by atoms with E-state index in [1.807, 2.05) is 31.2 Å². The van der Waals surface area contributed by atoms with Crippen LogP contribution in [0.1, 0.15) is 18.4 Å². The Morgan fingerprint density at radius 1 is 1.31 bits per heavy atom. The van der Waals surface area contributed by atoms with Gasteiger partial charge in [-0.25, -0.2) is 9.97 Å². The summed E-state index contributed by atoms with van der Waals surface area (Å²) in [4.78, 5) is 32.2. The number of nitrogens with one attached hydrogen (secondary N) is 1. The normalized spacial score (nSPS) is 14.9. The van der Waals surface area contributed by atoms with Gasteiger partial charge < -0.3 is 15.3 Å². The van der Waals surface area contributed by atoms with E-state index in [-0.39, 0.29) is 17.3 Å². The lowest BCUT2D eigenvalue weighted by molar-refractivity contribution is -0.383. The lowest BCUT2D eigenvalue weighted by atomic mass is 9.97. The summed E-state index contributed by atoms with van der Waals surface area (Å²) in [7, 11) is 0. The Kier molecular flexibility index (Phi) is 4.97. The third kappa shape index (κ3) is 3.56. The van der Waals surface area contributed by atoms with Gasteiger partial charge in [0.2, 0.25) is 11.6 Å². The van der Waals surface area contributed by atoms with E-state index in [9.17, 15) is 14.9 Å². The number of para-hydroxylation sites is 1. The number of benzene rings is 1. The van der Waals surface area contributed by atoms with E-state index in [1.54, 1.807) is 4.90 Å². The molecule has 9 heteroatoms. The summed E-state index contributed by atoms with van der Waals surface area (Å²) in [6.45, 7) is 2.70. The number of piperidine rings is 1. The first-order valence-corrected chi connectivity index (χ1v) is 8.27. The number of aromatic nitrogens is 2. The van der Waals surface area contributed by atoms with Crippen LogP contribution >= 0.6 is 0 Å². The van der Waals surface area contributed by atoms with Crippen LogP contribution in [-0.4, -0.2) is 39.1 Å². The molecule has 0 radical (unpaired) electrons. The number of carboxylic acids is 1. The van der Waals surface area contributed by atoms with E-state index in [0.717, 1.165) is 11.3 Å². The molecule has 1 aromatic carbocycles. The lowest BCUT2D eigenvalue weighted by Gasteiger charge is -2.30. The summed E-state index contributed by atoms with van der Waals surface area (Å²) in [5.41, 5.74) is 1.46. The molecular formula is C17H19N5O4. The fourth-order valence-electron chi connectivity index (χ4n) is 3.04. The van der Waals surface area contributed by atoms with Crippen LogP contribution in [0.4, 0.5) is 23.0 Å². The van der Waals surface area contributed by atoms with Crippen LogP contribution in [0, 0.1) is 23.0 Å². The standard InChI is InChI=1S/C17H19N5O4/c1-11-4-2-3-5-13(11)20-15-14(22(25)26)16(19-10-18-15)21-8-6-12(7-9-21)17(23)24/h2-5,10,12H,6-9H2,1H3,(H,23,24)(H,18,19,20). The number of carbonyl (C=O) groups is 1. The number of hydrogen-bond acceptors (Lipinski definition) is 7. The quantitative estimate of drug-likeness (QED) is 0.619. The van der Waals surface area contributed by atoms with Gasteiger partial charge in [0.15, 0.2) is 0 Å². The van der Waals surface area contributed by atoms with Crippen molar-refractivity contribution in [1.82, 2.24) is 9.97 Å². The number of nitro groups is 1. The fraction of sp³-hybridized carbons (Fsp3) is 0.353. The molecule has 9 nitrogen and oxygen atoms in total. The van der Waals surface area contributed by atoms with Crippen LogP contribution in [0.5, 0.6) is 0 Å². The van der Waals surface area contributed by atoms with Gasteiger partial charge in [-0.2, -0.15) is 0 Å². The molecule has 2 N–H and O–H groups in total. The number of anilines is 3. The molecule has 0 aliphatic carbocycles. The van der Waals surface area contributed by atoms with Crippen molar-refractivity contribution in [1.29, 1.82) is 0 Å². The van der Waals surface area contributed by atoms with Crippen molar-refractivity contribution in [3.8, 4) is 0 Å². The molecule has 1 saturated heterocycles. The van der Waals surface area contributed by atoms with E-state index >= 15 is 0 Å². The molecule has 26 heavy (non-hydrogen) atoms. The maximum Gasteiger partial charge on any atom is 0.353 e. The number of rotatable bonds is 5. The molecule has 0 amide bonds. The monoisotopic (exact) mass is 357 g/mol. The topological polar surface area (TPSA) is 121 Å². The van der Waals surface area contributed by atoms with E-state index in [1.165, 1.54) is 6.33 Å². The second-order valence-electron chi connectivity index (χ2n) is 6.19. The first-order chi connectivity index (χ1) is 12.5. The van der Waals surface area contributed by atoms with Crippen molar-refractivity contribution in [3.05, 3.63) is 46.3 Å². The van der Waals surface area contributed by atoms with Crippen molar-refractivity contribution in [2.45, 2.75) is 19.8 Å². The average Bonchev–Trinajstić information content (AvgIpc) is 2.63. The van der Waals surface area contributed by atoms with E-state index in [4.69, 9.17) is 5.11 Å². The highest BCUT2D eigenvalue weighted by Crippen LogP contribution is 2.35. The maximum absolute atomic E-state index is 11.7. The Labute approximate surface area is 149 Å². The minimum absolute atomic E-state index is 0.120. The largest absolute Gasteiger partial charge is 0.481 e. The van der Waals surface area contributed by atoms with Crippen LogP contribution < -0.4 is 10.2 Å². The molecule has 0 atom stereocenters.